The number of nitrogens with one attached hydrogen (secondary N) is 1. The summed E-state index contributed by atoms with van der Waals surface area (Å²) in [6, 6.07) is 6.89. The molecule has 0 fully saturated rings. The highest BCUT2D eigenvalue weighted by Gasteiger charge is 2.16. The maximum atomic E-state index is 13.2. The number of amides is 1. The van der Waals surface area contributed by atoms with Crippen LogP contribution in [0.15, 0.2) is 30.3 Å². The van der Waals surface area contributed by atoms with Crippen molar-refractivity contribution < 1.29 is 23.5 Å². The summed E-state index contributed by atoms with van der Waals surface area (Å²) in [5.74, 6) is -1.11. The maximum absolute atomic E-state index is 13.2. The molecule has 0 radical (unpaired) electrons. The van der Waals surface area contributed by atoms with Crippen molar-refractivity contribution in [2.24, 2.45) is 0 Å². The zero-order chi connectivity index (χ0) is 16.1. The number of hydrogen-bond acceptors (Lipinski definition) is 5. The van der Waals surface area contributed by atoms with E-state index < -0.39 is 17.7 Å². The van der Waals surface area contributed by atoms with Gasteiger partial charge in [-0.15, -0.1) is 11.3 Å². The summed E-state index contributed by atoms with van der Waals surface area (Å²) in [6.45, 7) is 2.11. The van der Waals surface area contributed by atoms with Gasteiger partial charge in [0.25, 0.3) is 5.91 Å². The number of methoxy groups -OCH3 is 1. The van der Waals surface area contributed by atoms with Crippen LogP contribution in [0.3, 0.4) is 0 Å². The fourth-order valence-corrected chi connectivity index (χ4v) is 2.55. The van der Waals surface area contributed by atoms with Gasteiger partial charge in [-0.25, -0.2) is 9.18 Å². The highest BCUT2D eigenvalue weighted by Crippen LogP contribution is 2.27. The number of hydrogen-bond donors (Lipinski definition) is 1. The summed E-state index contributed by atoms with van der Waals surface area (Å²) in [5.41, 5.74) is 0.362. The molecular weight excluding hydrogens is 309 g/mol. The summed E-state index contributed by atoms with van der Waals surface area (Å²) < 4.78 is 23.1. The Labute approximate surface area is 130 Å². The van der Waals surface area contributed by atoms with Crippen LogP contribution in [0.2, 0.25) is 0 Å². The Morgan fingerprint density at radius 2 is 1.95 bits per heavy atom. The van der Waals surface area contributed by atoms with E-state index in [0.29, 0.717) is 22.0 Å². The second kappa shape index (κ2) is 7.04. The molecule has 2 aromatic rings. The number of benzene rings is 1. The molecule has 0 unspecified atom stereocenters. The minimum absolute atomic E-state index is 0.251. The molecule has 0 aliphatic heterocycles. The number of esters is 1. The first-order chi connectivity index (χ1) is 10.5. The number of halogens is 1. The van der Waals surface area contributed by atoms with Crippen molar-refractivity contribution in [1.29, 1.82) is 0 Å². The highest BCUT2D eigenvalue weighted by molar-refractivity contribution is 7.16. The summed E-state index contributed by atoms with van der Waals surface area (Å²) in [6.07, 6.45) is 0. The summed E-state index contributed by atoms with van der Waals surface area (Å²) in [4.78, 5) is 24.2. The van der Waals surface area contributed by atoms with Gasteiger partial charge in [-0.05, 0) is 31.2 Å². The molecule has 1 amide bonds. The lowest BCUT2D eigenvalue weighted by Crippen LogP contribution is -2.11. The molecule has 5 nitrogen and oxygen atoms in total. The van der Waals surface area contributed by atoms with Crippen molar-refractivity contribution in [3.05, 3.63) is 45.9 Å². The van der Waals surface area contributed by atoms with E-state index in [4.69, 9.17) is 4.74 Å². The van der Waals surface area contributed by atoms with Crippen LogP contribution in [0.4, 0.5) is 10.1 Å². The molecule has 7 heteroatoms. The Balaban J connectivity index is 2.18. The maximum Gasteiger partial charge on any atom is 0.348 e. The van der Waals surface area contributed by atoms with Gasteiger partial charge in [-0.2, -0.15) is 0 Å². The zero-order valence-corrected chi connectivity index (χ0v) is 12.8. The number of carbonyl (C=O) groups is 2. The van der Waals surface area contributed by atoms with Gasteiger partial charge in [0, 0.05) is 6.07 Å². The van der Waals surface area contributed by atoms with Gasteiger partial charge >= 0.3 is 5.97 Å². The lowest BCUT2D eigenvalue weighted by molar-refractivity contribution is 0.0606. The second-order valence-electron chi connectivity index (χ2n) is 4.18. The SMILES string of the molecule is CCOc1cc(F)ccc1NC(=O)c1ccc(C(=O)OC)s1. The van der Waals surface area contributed by atoms with Gasteiger partial charge in [0.1, 0.15) is 16.4 Å². The quantitative estimate of drug-likeness (QED) is 0.857. The number of rotatable bonds is 5. The van der Waals surface area contributed by atoms with Gasteiger partial charge in [0.2, 0.25) is 0 Å². The Morgan fingerprint density at radius 3 is 2.64 bits per heavy atom. The van der Waals surface area contributed by atoms with Crippen molar-refractivity contribution in [3.63, 3.8) is 0 Å². The number of anilines is 1. The fourth-order valence-electron chi connectivity index (χ4n) is 1.73. The van der Waals surface area contributed by atoms with Crippen LogP contribution in [-0.2, 0) is 4.74 Å². The molecular formula is C15H14FNO4S. The van der Waals surface area contributed by atoms with E-state index in [9.17, 15) is 14.0 Å². The van der Waals surface area contributed by atoms with Gasteiger partial charge in [0.05, 0.1) is 24.3 Å². The van der Waals surface area contributed by atoms with E-state index in [2.05, 4.69) is 10.1 Å². The first-order valence-electron chi connectivity index (χ1n) is 6.47. The molecule has 1 heterocycles. The van der Waals surface area contributed by atoms with E-state index in [1.807, 2.05) is 0 Å². The molecule has 0 saturated carbocycles. The third-order valence-corrected chi connectivity index (χ3v) is 3.77. The van der Waals surface area contributed by atoms with Crippen LogP contribution in [0.25, 0.3) is 0 Å². The molecule has 1 aromatic carbocycles. The molecule has 0 spiro atoms. The molecule has 116 valence electrons. The summed E-state index contributed by atoms with van der Waals surface area (Å²) in [5, 5.41) is 2.64. The Morgan fingerprint density at radius 1 is 1.23 bits per heavy atom. The molecule has 0 saturated heterocycles. The topological polar surface area (TPSA) is 64.6 Å². The largest absolute Gasteiger partial charge is 0.492 e. The normalized spacial score (nSPS) is 10.1. The van der Waals surface area contributed by atoms with Crippen LogP contribution >= 0.6 is 11.3 Å². The lowest BCUT2D eigenvalue weighted by atomic mass is 10.2. The minimum Gasteiger partial charge on any atom is -0.492 e. The first-order valence-corrected chi connectivity index (χ1v) is 7.28. The molecule has 0 aliphatic rings. The van der Waals surface area contributed by atoms with Gasteiger partial charge in [0.15, 0.2) is 0 Å². The first kappa shape index (κ1) is 16.0. The van der Waals surface area contributed by atoms with Crippen molar-refractivity contribution in [3.8, 4) is 5.75 Å². The predicted molar refractivity (Wildman–Crippen MR) is 81.2 cm³/mol. The minimum atomic E-state index is -0.499. The van der Waals surface area contributed by atoms with Crippen LogP contribution in [-0.4, -0.2) is 25.6 Å². The molecule has 0 bridgehead atoms. The van der Waals surface area contributed by atoms with Gasteiger partial charge in [-0.1, -0.05) is 0 Å². The summed E-state index contributed by atoms with van der Waals surface area (Å²) >= 11 is 1.01. The zero-order valence-electron chi connectivity index (χ0n) is 12.0. The van der Waals surface area contributed by atoms with Crippen molar-refractivity contribution in [1.82, 2.24) is 0 Å². The molecule has 2 rings (SSSR count). The van der Waals surface area contributed by atoms with Gasteiger partial charge < -0.3 is 14.8 Å². The number of thiophene rings is 1. The van der Waals surface area contributed by atoms with E-state index in [-0.39, 0.29) is 5.75 Å². The van der Waals surface area contributed by atoms with Crippen molar-refractivity contribution >= 4 is 28.9 Å². The highest BCUT2D eigenvalue weighted by atomic mass is 32.1. The van der Waals surface area contributed by atoms with Crippen LogP contribution in [0.5, 0.6) is 5.75 Å². The molecule has 1 aromatic heterocycles. The monoisotopic (exact) mass is 323 g/mol. The van der Waals surface area contributed by atoms with Crippen LogP contribution in [0.1, 0.15) is 26.3 Å². The van der Waals surface area contributed by atoms with Crippen molar-refractivity contribution in [2.45, 2.75) is 6.92 Å². The fraction of sp³-hybridized carbons (Fsp3) is 0.200. The van der Waals surface area contributed by atoms with Crippen molar-refractivity contribution in [2.75, 3.05) is 19.0 Å². The van der Waals surface area contributed by atoms with Crippen LogP contribution in [0, 0.1) is 5.82 Å². The molecule has 0 aliphatic carbocycles. The van der Waals surface area contributed by atoms with Crippen LogP contribution < -0.4 is 10.1 Å². The second-order valence-corrected chi connectivity index (χ2v) is 5.27. The average molecular weight is 323 g/mol. The van der Waals surface area contributed by atoms with E-state index in [0.717, 1.165) is 11.3 Å². The third kappa shape index (κ3) is 3.62. The van der Waals surface area contributed by atoms with E-state index in [1.54, 1.807) is 6.92 Å². The molecule has 1 N–H and O–H groups in total. The smallest absolute Gasteiger partial charge is 0.348 e. The molecule has 0 atom stereocenters. The van der Waals surface area contributed by atoms with Gasteiger partial charge in [-0.3, -0.25) is 4.79 Å². The Kier molecular flexibility index (Phi) is 5.11. The number of carbonyl (C=O) groups excluding carboxylic acids is 2. The lowest BCUT2D eigenvalue weighted by Gasteiger charge is -2.10. The average Bonchev–Trinajstić information content (AvgIpc) is 2.99. The third-order valence-electron chi connectivity index (χ3n) is 2.71. The Hall–Kier alpha value is -2.41. The molecule has 22 heavy (non-hydrogen) atoms. The summed E-state index contributed by atoms with van der Waals surface area (Å²) in [7, 11) is 1.27. The Bertz CT molecular complexity index is 699. The predicted octanol–water partition coefficient (Wildman–Crippen LogP) is 3.32. The van der Waals surface area contributed by atoms with E-state index in [1.165, 1.54) is 37.4 Å². The number of ether oxygens (including phenoxy) is 2. The van der Waals surface area contributed by atoms with E-state index >= 15 is 0 Å². The standard InChI is InChI=1S/C15H14FNO4S/c1-3-21-11-8-9(16)4-5-10(11)17-14(18)12-6-7-13(22-12)15(19)20-2/h4-8H,3H2,1-2H3,(H,17,18).